The zero-order valence-corrected chi connectivity index (χ0v) is 13.4. The standard InChI is InChI=1S/C17H20N2O4/c1-10-16(23-11(2)18-10)17(21)19-9-13(20)8-15(19)12-5-4-6-14(7-12)22-3/h4-7,13,15,20H,8-9H2,1-3H3/t13-,15+/m0/s1. The number of carbonyl (C=O) groups is 1. The summed E-state index contributed by atoms with van der Waals surface area (Å²) in [6.45, 7) is 3.73. The first-order valence-corrected chi connectivity index (χ1v) is 7.56. The van der Waals surface area contributed by atoms with Crippen molar-refractivity contribution in [3.63, 3.8) is 0 Å². The molecule has 1 fully saturated rings. The fourth-order valence-corrected chi connectivity index (χ4v) is 3.06. The number of rotatable bonds is 3. The first-order valence-electron chi connectivity index (χ1n) is 7.56. The van der Waals surface area contributed by atoms with E-state index in [0.717, 1.165) is 11.3 Å². The SMILES string of the molecule is COc1cccc([C@H]2C[C@H](O)CN2C(=O)c2oc(C)nc2C)c1. The number of ether oxygens (including phenoxy) is 1. The number of carbonyl (C=O) groups excluding carboxylic acids is 1. The number of hydrogen-bond donors (Lipinski definition) is 1. The van der Waals surface area contributed by atoms with Gasteiger partial charge in [-0.15, -0.1) is 0 Å². The minimum Gasteiger partial charge on any atom is -0.497 e. The number of aryl methyl sites for hydroxylation is 2. The van der Waals surface area contributed by atoms with E-state index in [4.69, 9.17) is 9.15 Å². The number of amides is 1. The second-order valence-electron chi connectivity index (χ2n) is 5.79. The van der Waals surface area contributed by atoms with E-state index >= 15 is 0 Å². The number of nitrogens with zero attached hydrogens (tertiary/aromatic N) is 2. The Balaban J connectivity index is 1.93. The summed E-state index contributed by atoms with van der Waals surface area (Å²) in [5.74, 6) is 1.18. The van der Waals surface area contributed by atoms with Gasteiger partial charge in [-0.1, -0.05) is 12.1 Å². The summed E-state index contributed by atoms with van der Waals surface area (Å²) in [5, 5.41) is 10.1. The molecule has 3 rings (SSSR count). The Morgan fingerprint density at radius 3 is 2.87 bits per heavy atom. The molecule has 1 saturated heterocycles. The molecule has 0 unspecified atom stereocenters. The summed E-state index contributed by atoms with van der Waals surface area (Å²) in [4.78, 5) is 18.6. The number of methoxy groups -OCH3 is 1. The summed E-state index contributed by atoms with van der Waals surface area (Å²) in [6.07, 6.45) is -0.0649. The van der Waals surface area contributed by atoms with E-state index in [1.165, 1.54) is 0 Å². The minimum atomic E-state index is -0.556. The number of aromatic nitrogens is 1. The van der Waals surface area contributed by atoms with Crippen LogP contribution in [0.1, 0.15) is 40.2 Å². The number of aliphatic hydroxyl groups excluding tert-OH is 1. The number of hydrogen-bond acceptors (Lipinski definition) is 5. The first kappa shape index (κ1) is 15.6. The van der Waals surface area contributed by atoms with E-state index in [-0.39, 0.29) is 24.3 Å². The van der Waals surface area contributed by atoms with Crippen molar-refractivity contribution in [3.05, 3.63) is 47.2 Å². The lowest BCUT2D eigenvalue weighted by Gasteiger charge is -2.24. The maximum atomic E-state index is 12.8. The largest absolute Gasteiger partial charge is 0.497 e. The van der Waals surface area contributed by atoms with Crippen LogP contribution in [0, 0.1) is 13.8 Å². The molecule has 1 N–H and O–H groups in total. The molecule has 6 nitrogen and oxygen atoms in total. The second-order valence-corrected chi connectivity index (χ2v) is 5.79. The van der Waals surface area contributed by atoms with Gasteiger partial charge in [0.25, 0.3) is 5.91 Å². The van der Waals surface area contributed by atoms with Crippen LogP contribution in [-0.4, -0.2) is 40.7 Å². The van der Waals surface area contributed by atoms with Crippen molar-refractivity contribution >= 4 is 5.91 Å². The van der Waals surface area contributed by atoms with E-state index in [1.54, 1.807) is 25.9 Å². The molecule has 23 heavy (non-hydrogen) atoms. The fourth-order valence-electron chi connectivity index (χ4n) is 3.06. The molecule has 0 saturated carbocycles. The maximum absolute atomic E-state index is 12.8. The molecule has 0 aliphatic carbocycles. The van der Waals surface area contributed by atoms with Gasteiger partial charge in [-0.3, -0.25) is 4.79 Å². The lowest BCUT2D eigenvalue weighted by atomic mass is 10.0. The van der Waals surface area contributed by atoms with Crippen LogP contribution in [0.25, 0.3) is 0 Å². The van der Waals surface area contributed by atoms with Crippen molar-refractivity contribution in [1.29, 1.82) is 0 Å². The van der Waals surface area contributed by atoms with Gasteiger partial charge < -0.3 is 19.2 Å². The molecule has 6 heteroatoms. The van der Waals surface area contributed by atoms with E-state index in [0.29, 0.717) is 18.0 Å². The van der Waals surface area contributed by atoms with Gasteiger partial charge in [0.2, 0.25) is 5.76 Å². The van der Waals surface area contributed by atoms with Gasteiger partial charge in [0, 0.05) is 13.5 Å². The molecule has 1 amide bonds. The molecule has 2 aromatic rings. The zero-order valence-electron chi connectivity index (χ0n) is 13.4. The topological polar surface area (TPSA) is 75.8 Å². The minimum absolute atomic E-state index is 0.211. The number of likely N-dealkylation sites (tertiary alicyclic amines) is 1. The predicted octanol–water partition coefficient (Wildman–Crippen LogP) is 2.25. The third-order valence-electron chi connectivity index (χ3n) is 4.12. The van der Waals surface area contributed by atoms with Crippen molar-refractivity contribution in [2.75, 3.05) is 13.7 Å². The van der Waals surface area contributed by atoms with E-state index < -0.39 is 6.10 Å². The average molecular weight is 316 g/mol. The van der Waals surface area contributed by atoms with E-state index in [1.807, 2.05) is 24.3 Å². The highest BCUT2D eigenvalue weighted by molar-refractivity contribution is 5.93. The molecule has 0 radical (unpaired) electrons. The molecule has 0 bridgehead atoms. The Labute approximate surface area is 134 Å². The van der Waals surface area contributed by atoms with Gasteiger partial charge in [-0.2, -0.15) is 0 Å². The van der Waals surface area contributed by atoms with Crippen molar-refractivity contribution in [3.8, 4) is 5.75 Å². The van der Waals surface area contributed by atoms with Gasteiger partial charge in [0.05, 0.1) is 24.9 Å². The van der Waals surface area contributed by atoms with Crippen molar-refractivity contribution in [2.45, 2.75) is 32.4 Å². The normalized spacial score (nSPS) is 20.8. The molecular formula is C17H20N2O4. The number of β-amino-alcohol motifs (C(OH)–C–C–N with tert-alkyl or cyclic N) is 1. The van der Waals surface area contributed by atoms with Gasteiger partial charge >= 0.3 is 0 Å². The van der Waals surface area contributed by atoms with Crippen molar-refractivity contribution < 1.29 is 19.1 Å². The molecule has 0 spiro atoms. The maximum Gasteiger partial charge on any atom is 0.292 e. The second kappa shape index (κ2) is 6.04. The Kier molecular flexibility index (Phi) is 4.09. The van der Waals surface area contributed by atoms with Crippen LogP contribution in [0.2, 0.25) is 0 Å². The summed E-state index contributed by atoms with van der Waals surface area (Å²) in [5.41, 5.74) is 1.50. The van der Waals surface area contributed by atoms with Crippen LogP contribution in [0.4, 0.5) is 0 Å². The molecule has 1 aromatic heterocycles. The molecule has 1 aliphatic heterocycles. The van der Waals surface area contributed by atoms with Crippen LogP contribution in [0.3, 0.4) is 0 Å². The van der Waals surface area contributed by atoms with Crippen LogP contribution >= 0.6 is 0 Å². The summed E-state index contributed by atoms with van der Waals surface area (Å²) in [7, 11) is 1.60. The smallest absolute Gasteiger partial charge is 0.292 e. The number of aliphatic hydroxyl groups is 1. The zero-order chi connectivity index (χ0) is 16.6. The fraction of sp³-hybridized carbons (Fsp3) is 0.412. The summed E-state index contributed by atoms with van der Waals surface area (Å²) < 4.78 is 10.7. The summed E-state index contributed by atoms with van der Waals surface area (Å²) in [6, 6.07) is 7.35. The van der Waals surface area contributed by atoms with Crippen LogP contribution in [0.15, 0.2) is 28.7 Å². The molecule has 2 heterocycles. The van der Waals surface area contributed by atoms with Gasteiger partial charge in [-0.05, 0) is 31.0 Å². The van der Waals surface area contributed by atoms with Crippen LogP contribution in [0.5, 0.6) is 5.75 Å². The Hall–Kier alpha value is -2.34. The Morgan fingerprint density at radius 2 is 2.22 bits per heavy atom. The third kappa shape index (κ3) is 2.94. The lowest BCUT2D eigenvalue weighted by molar-refractivity contribution is 0.0681. The highest BCUT2D eigenvalue weighted by atomic mass is 16.5. The monoisotopic (exact) mass is 316 g/mol. The van der Waals surface area contributed by atoms with E-state index in [2.05, 4.69) is 4.98 Å². The summed E-state index contributed by atoms with van der Waals surface area (Å²) >= 11 is 0. The Bertz CT molecular complexity index is 725. The molecular weight excluding hydrogens is 296 g/mol. The number of benzene rings is 1. The highest BCUT2D eigenvalue weighted by Crippen LogP contribution is 2.35. The molecule has 1 aliphatic rings. The predicted molar refractivity (Wildman–Crippen MR) is 83.4 cm³/mol. The lowest BCUT2D eigenvalue weighted by Crippen LogP contribution is -2.32. The molecule has 1 aromatic carbocycles. The van der Waals surface area contributed by atoms with Crippen LogP contribution in [-0.2, 0) is 0 Å². The van der Waals surface area contributed by atoms with E-state index in [9.17, 15) is 9.90 Å². The van der Waals surface area contributed by atoms with Crippen molar-refractivity contribution in [1.82, 2.24) is 9.88 Å². The average Bonchev–Trinajstić information content (AvgIpc) is 3.09. The van der Waals surface area contributed by atoms with Gasteiger partial charge in [0.15, 0.2) is 5.89 Å². The quantitative estimate of drug-likeness (QED) is 0.940. The van der Waals surface area contributed by atoms with Gasteiger partial charge in [0.1, 0.15) is 5.75 Å². The Morgan fingerprint density at radius 1 is 1.43 bits per heavy atom. The van der Waals surface area contributed by atoms with Crippen LogP contribution < -0.4 is 4.74 Å². The molecule has 122 valence electrons. The highest BCUT2D eigenvalue weighted by Gasteiger charge is 2.37. The van der Waals surface area contributed by atoms with Crippen molar-refractivity contribution in [2.24, 2.45) is 0 Å². The third-order valence-corrected chi connectivity index (χ3v) is 4.12. The van der Waals surface area contributed by atoms with Gasteiger partial charge in [-0.25, -0.2) is 4.98 Å². The first-order chi connectivity index (χ1) is 11.0. The number of oxazole rings is 1. The molecule has 2 atom stereocenters.